The zero-order valence-electron chi connectivity index (χ0n) is 9.37. The lowest BCUT2D eigenvalue weighted by molar-refractivity contribution is 1.00. The van der Waals surface area contributed by atoms with E-state index in [2.05, 4.69) is 35.9 Å². The number of aryl methyl sites for hydroxylation is 2. The maximum atomic E-state index is 5.97. The third-order valence-corrected chi connectivity index (χ3v) is 2.58. The van der Waals surface area contributed by atoms with Gasteiger partial charge in [-0.2, -0.15) is 0 Å². The number of nitrogens with zero attached hydrogens (tertiary/aromatic N) is 2. The van der Waals surface area contributed by atoms with E-state index in [1.165, 1.54) is 5.56 Å². The molecular formula is C13H13ClN2. The minimum atomic E-state index is 0.503. The molecule has 2 nitrogen and oxygen atoms in total. The molecule has 2 rings (SSSR count). The first kappa shape index (κ1) is 11.1. The fraction of sp³-hybridized carbons (Fsp3) is 0.231. The van der Waals surface area contributed by atoms with E-state index in [1.807, 2.05) is 12.1 Å². The van der Waals surface area contributed by atoms with Gasteiger partial charge in [0.2, 0.25) is 0 Å². The molecule has 0 unspecified atom stereocenters. The molecule has 0 N–H and O–H groups in total. The highest BCUT2D eigenvalue weighted by Crippen LogP contribution is 2.19. The molecule has 0 saturated heterocycles. The molecule has 0 fully saturated rings. The number of aromatic nitrogens is 2. The Kier molecular flexibility index (Phi) is 3.20. The molecule has 1 aromatic carbocycles. The van der Waals surface area contributed by atoms with Gasteiger partial charge in [0.05, 0.1) is 0 Å². The Morgan fingerprint density at radius 2 is 2.00 bits per heavy atom. The number of hydrogen-bond donors (Lipinski definition) is 0. The van der Waals surface area contributed by atoms with Crippen LogP contribution in [0.1, 0.15) is 18.2 Å². The highest BCUT2D eigenvalue weighted by atomic mass is 35.5. The van der Waals surface area contributed by atoms with Crippen LogP contribution in [0.4, 0.5) is 0 Å². The molecule has 0 spiro atoms. The van der Waals surface area contributed by atoms with Crippen LogP contribution in [0.15, 0.2) is 30.3 Å². The van der Waals surface area contributed by atoms with Gasteiger partial charge in [-0.25, -0.2) is 9.97 Å². The lowest BCUT2D eigenvalue weighted by Gasteiger charge is -2.04. The molecule has 82 valence electrons. The summed E-state index contributed by atoms with van der Waals surface area (Å²) in [5.41, 5.74) is 3.17. The summed E-state index contributed by atoms with van der Waals surface area (Å²) in [5, 5.41) is 0.503. The molecule has 0 radical (unpaired) electrons. The van der Waals surface area contributed by atoms with Gasteiger partial charge < -0.3 is 0 Å². The molecule has 0 saturated carbocycles. The predicted molar refractivity (Wildman–Crippen MR) is 66.6 cm³/mol. The van der Waals surface area contributed by atoms with Crippen LogP contribution in [-0.2, 0) is 6.42 Å². The molecular weight excluding hydrogens is 220 g/mol. The number of halogens is 1. The standard InChI is InChI=1S/C13H13ClN2/c1-3-11-8-12(14)16-13(15-11)10-6-4-5-9(2)7-10/h4-8H,3H2,1-2H3. The highest BCUT2D eigenvalue weighted by molar-refractivity contribution is 6.29. The van der Waals surface area contributed by atoms with E-state index in [-0.39, 0.29) is 0 Å². The largest absolute Gasteiger partial charge is 0.233 e. The molecule has 0 amide bonds. The van der Waals surface area contributed by atoms with E-state index in [0.29, 0.717) is 11.0 Å². The zero-order valence-corrected chi connectivity index (χ0v) is 10.1. The minimum Gasteiger partial charge on any atom is -0.233 e. The maximum Gasteiger partial charge on any atom is 0.161 e. The summed E-state index contributed by atoms with van der Waals surface area (Å²) in [6, 6.07) is 9.92. The highest BCUT2D eigenvalue weighted by Gasteiger charge is 2.04. The Labute approximate surface area is 100 Å². The van der Waals surface area contributed by atoms with Gasteiger partial charge in [-0.1, -0.05) is 42.3 Å². The molecule has 0 aliphatic carbocycles. The molecule has 1 aromatic heterocycles. The second kappa shape index (κ2) is 4.62. The van der Waals surface area contributed by atoms with Crippen molar-refractivity contribution in [2.45, 2.75) is 20.3 Å². The van der Waals surface area contributed by atoms with Crippen molar-refractivity contribution < 1.29 is 0 Å². The normalized spacial score (nSPS) is 10.4. The molecule has 3 heteroatoms. The van der Waals surface area contributed by atoms with Crippen LogP contribution in [0, 0.1) is 6.92 Å². The molecule has 1 heterocycles. The topological polar surface area (TPSA) is 25.8 Å². The number of hydrogen-bond acceptors (Lipinski definition) is 2. The van der Waals surface area contributed by atoms with Crippen molar-refractivity contribution in [3.8, 4) is 11.4 Å². The van der Waals surface area contributed by atoms with Crippen molar-refractivity contribution in [2.75, 3.05) is 0 Å². The van der Waals surface area contributed by atoms with Gasteiger partial charge in [0.15, 0.2) is 5.82 Å². The summed E-state index contributed by atoms with van der Waals surface area (Å²) in [6.45, 7) is 4.10. The zero-order chi connectivity index (χ0) is 11.5. The van der Waals surface area contributed by atoms with E-state index in [1.54, 1.807) is 6.07 Å². The lowest BCUT2D eigenvalue weighted by Crippen LogP contribution is -1.95. The summed E-state index contributed by atoms with van der Waals surface area (Å²) in [4.78, 5) is 8.72. The first-order valence-electron chi connectivity index (χ1n) is 5.29. The minimum absolute atomic E-state index is 0.503. The van der Waals surface area contributed by atoms with E-state index in [4.69, 9.17) is 11.6 Å². The van der Waals surface area contributed by atoms with Gasteiger partial charge in [0.25, 0.3) is 0 Å². The van der Waals surface area contributed by atoms with Crippen molar-refractivity contribution >= 4 is 11.6 Å². The van der Waals surface area contributed by atoms with Gasteiger partial charge in [0.1, 0.15) is 5.15 Å². The Morgan fingerprint density at radius 3 is 2.69 bits per heavy atom. The van der Waals surface area contributed by atoms with Gasteiger partial charge in [-0.15, -0.1) is 0 Å². The molecule has 0 atom stereocenters. The summed E-state index contributed by atoms with van der Waals surface area (Å²) < 4.78 is 0. The second-order valence-corrected chi connectivity index (χ2v) is 4.12. The van der Waals surface area contributed by atoms with E-state index in [9.17, 15) is 0 Å². The molecule has 0 aliphatic heterocycles. The SMILES string of the molecule is CCc1cc(Cl)nc(-c2cccc(C)c2)n1. The van der Waals surface area contributed by atoms with Gasteiger partial charge in [0, 0.05) is 11.3 Å². The first-order chi connectivity index (χ1) is 7.69. The first-order valence-corrected chi connectivity index (χ1v) is 5.67. The molecule has 0 bridgehead atoms. The Hall–Kier alpha value is -1.41. The predicted octanol–water partition coefficient (Wildman–Crippen LogP) is 3.67. The molecule has 16 heavy (non-hydrogen) atoms. The Bertz CT molecular complexity index is 509. The van der Waals surface area contributed by atoms with Crippen molar-refractivity contribution in [1.82, 2.24) is 9.97 Å². The van der Waals surface area contributed by atoms with E-state index in [0.717, 1.165) is 17.7 Å². The van der Waals surface area contributed by atoms with Crippen molar-refractivity contribution in [1.29, 1.82) is 0 Å². The van der Waals surface area contributed by atoms with E-state index >= 15 is 0 Å². The van der Waals surface area contributed by atoms with Crippen molar-refractivity contribution in [3.63, 3.8) is 0 Å². The average molecular weight is 233 g/mol. The van der Waals surface area contributed by atoms with Crippen LogP contribution in [-0.4, -0.2) is 9.97 Å². The monoisotopic (exact) mass is 232 g/mol. The summed E-state index contributed by atoms with van der Waals surface area (Å²) >= 11 is 5.97. The van der Waals surface area contributed by atoms with Gasteiger partial charge in [-0.3, -0.25) is 0 Å². The van der Waals surface area contributed by atoms with Crippen molar-refractivity contribution in [3.05, 3.63) is 46.7 Å². The van der Waals surface area contributed by atoms with Crippen molar-refractivity contribution in [2.24, 2.45) is 0 Å². The maximum absolute atomic E-state index is 5.97. The van der Waals surface area contributed by atoms with Gasteiger partial charge >= 0.3 is 0 Å². The van der Waals surface area contributed by atoms with Gasteiger partial charge in [-0.05, 0) is 25.5 Å². The van der Waals surface area contributed by atoms with Crippen LogP contribution in [0.2, 0.25) is 5.15 Å². The van der Waals surface area contributed by atoms with Crippen LogP contribution in [0.5, 0.6) is 0 Å². The second-order valence-electron chi connectivity index (χ2n) is 3.73. The third kappa shape index (κ3) is 2.39. The molecule has 2 aromatic rings. The Morgan fingerprint density at radius 1 is 1.19 bits per heavy atom. The third-order valence-electron chi connectivity index (χ3n) is 2.39. The summed E-state index contributed by atoms with van der Waals surface area (Å²) in [6.07, 6.45) is 0.862. The fourth-order valence-electron chi connectivity index (χ4n) is 1.56. The number of rotatable bonds is 2. The average Bonchev–Trinajstić information content (AvgIpc) is 2.28. The smallest absolute Gasteiger partial charge is 0.161 e. The lowest BCUT2D eigenvalue weighted by atomic mass is 10.1. The summed E-state index contributed by atoms with van der Waals surface area (Å²) in [7, 11) is 0. The van der Waals surface area contributed by atoms with E-state index < -0.39 is 0 Å². The Balaban J connectivity index is 2.51. The van der Waals surface area contributed by atoms with Crippen LogP contribution >= 0.6 is 11.6 Å². The fourth-order valence-corrected chi connectivity index (χ4v) is 1.76. The van der Waals surface area contributed by atoms with Crippen LogP contribution < -0.4 is 0 Å². The molecule has 0 aliphatic rings. The number of benzene rings is 1. The van der Waals surface area contributed by atoms with Crippen LogP contribution in [0.3, 0.4) is 0 Å². The van der Waals surface area contributed by atoms with Crippen LogP contribution in [0.25, 0.3) is 11.4 Å². The quantitative estimate of drug-likeness (QED) is 0.739. The summed E-state index contributed by atoms with van der Waals surface area (Å²) in [5.74, 6) is 0.702.